The summed E-state index contributed by atoms with van der Waals surface area (Å²) in [5.41, 5.74) is 3.65. The average molecular weight is 402 g/mol. The molecule has 0 unspecified atom stereocenters. The van der Waals surface area contributed by atoms with Crippen LogP contribution in [0.1, 0.15) is 23.9 Å². The molecule has 2 heterocycles. The van der Waals surface area contributed by atoms with Crippen LogP contribution in [0, 0.1) is 13.8 Å². The number of halogens is 1. The number of hydrogen-bond acceptors (Lipinski definition) is 3. The molecule has 0 aliphatic carbocycles. The zero-order valence-electron chi connectivity index (χ0n) is 15.3. The van der Waals surface area contributed by atoms with E-state index in [0.29, 0.717) is 22.8 Å². The van der Waals surface area contributed by atoms with Crippen LogP contribution in [0.15, 0.2) is 53.4 Å². The van der Waals surface area contributed by atoms with Crippen LogP contribution in [0.5, 0.6) is 0 Å². The summed E-state index contributed by atoms with van der Waals surface area (Å²) < 4.78 is 30.4. The van der Waals surface area contributed by atoms with Crippen molar-refractivity contribution in [2.45, 2.75) is 38.1 Å². The number of sulfonamides is 1. The van der Waals surface area contributed by atoms with E-state index in [2.05, 4.69) is 5.10 Å². The standard InChI is InChI=1S/C20H20ClN3O2S/c1-13-12-16-6-4-5-7-19(16)24(13)27(25,26)20-14(2)22-23(15(20)3)18-10-8-17(21)9-11-18/h4-11,13H,12H2,1-3H3/t13-/m1/s1. The molecule has 0 spiro atoms. The minimum absolute atomic E-state index is 0.134. The summed E-state index contributed by atoms with van der Waals surface area (Å²) in [6.07, 6.45) is 0.707. The largest absolute Gasteiger partial charge is 0.268 e. The van der Waals surface area contributed by atoms with E-state index in [1.165, 1.54) is 4.31 Å². The minimum Gasteiger partial charge on any atom is -0.263 e. The van der Waals surface area contributed by atoms with Gasteiger partial charge in [-0.15, -0.1) is 0 Å². The van der Waals surface area contributed by atoms with E-state index in [4.69, 9.17) is 11.6 Å². The molecule has 140 valence electrons. The molecule has 1 aliphatic heterocycles. The Labute approximate surface area is 164 Å². The summed E-state index contributed by atoms with van der Waals surface area (Å²) in [7, 11) is -3.73. The number of para-hydroxylation sites is 1. The summed E-state index contributed by atoms with van der Waals surface area (Å²) in [5.74, 6) is 0. The lowest BCUT2D eigenvalue weighted by molar-refractivity contribution is 0.583. The van der Waals surface area contributed by atoms with Crippen molar-refractivity contribution in [2.75, 3.05) is 4.31 Å². The number of benzene rings is 2. The highest BCUT2D eigenvalue weighted by Gasteiger charge is 2.39. The number of aromatic nitrogens is 2. The van der Waals surface area contributed by atoms with Gasteiger partial charge >= 0.3 is 0 Å². The van der Waals surface area contributed by atoms with Gasteiger partial charge in [0, 0.05) is 11.1 Å². The Morgan fingerprint density at radius 3 is 2.44 bits per heavy atom. The second-order valence-electron chi connectivity index (χ2n) is 6.87. The summed E-state index contributed by atoms with van der Waals surface area (Å²) in [4.78, 5) is 0.265. The summed E-state index contributed by atoms with van der Waals surface area (Å²) in [6.45, 7) is 5.46. The van der Waals surface area contributed by atoms with Gasteiger partial charge in [0.05, 0.1) is 22.8 Å². The molecule has 2 aromatic carbocycles. The lowest BCUT2D eigenvalue weighted by Gasteiger charge is -2.24. The lowest BCUT2D eigenvalue weighted by atomic mass is 10.1. The van der Waals surface area contributed by atoms with Gasteiger partial charge in [-0.3, -0.25) is 4.31 Å². The van der Waals surface area contributed by atoms with E-state index in [0.717, 1.165) is 16.9 Å². The molecule has 0 fully saturated rings. The predicted octanol–water partition coefficient (Wildman–Crippen LogP) is 4.28. The Kier molecular flexibility index (Phi) is 4.28. The first kappa shape index (κ1) is 18.1. The Morgan fingerprint density at radius 2 is 1.74 bits per heavy atom. The monoisotopic (exact) mass is 401 g/mol. The Hall–Kier alpha value is -2.31. The van der Waals surface area contributed by atoms with Crippen LogP contribution in [0.25, 0.3) is 5.69 Å². The molecule has 27 heavy (non-hydrogen) atoms. The quantitative estimate of drug-likeness (QED) is 0.658. The molecule has 3 aromatic rings. The molecule has 0 bridgehead atoms. The van der Waals surface area contributed by atoms with E-state index in [9.17, 15) is 8.42 Å². The van der Waals surface area contributed by atoms with Crippen LogP contribution in [0.4, 0.5) is 5.69 Å². The van der Waals surface area contributed by atoms with Gasteiger partial charge in [0.2, 0.25) is 0 Å². The molecule has 7 heteroatoms. The van der Waals surface area contributed by atoms with E-state index in [-0.39, 0.29) is 10.9 Å². The highest BCUT2D eigenvalue weighted by atomic mass is 35.5. The van der Waals surface area contributed by atoms with E-state index < -0.39 is 10.0 Å². The van der Waals surface area contributed by atoms with Gasteiger partial charge in [-0.25, -0.2) is 13.1 Å². The highest BCUT2D eigenvalue weighted by Crippen LogP contribution is 2.38. The number of nitrogens with zero attached hydrogens (tertiary/aromatic N) is 3. The second kappa shape index (κ2) is 6.39. The SMILES string of the molecule is Cc1nn(-c2ccc(Cl)cc2)c(C)c1S(=O)(=O)N1c2ccccc2C[C@H]1C. The molecular weight excluding hydrogens is 382 g/mol. The molecule has 1 aliphatic rings. The van der Waals surface area contributed by atoms with Crippen molar-refractivity contribution in [1.29, 1.82) is 0 Å². The number of rotatable bonds is 3. The zero-order valence-corrected chi connectivity index (χ0v) is 16.9. The normalized spacial score (nSPS) is 16.6. The molecular formula is C20H20ClN3O2S. The fourth-order valence-electron chi connectivity index (χ4n) is 3.84. The maximum atomic E-state index is 13.6. The van der Waals surface area contributed by atoms with E-state index >= 15 is 0 Å². The number of aryl methyl sites for hydroxylation is 1. The maximum Gasteiger partial charge on any atom is 0.268 e. The van der Waals surface area contributed by atoms with E-state index in [1.54, 1.807) is 30.7 Å². The topological polar surface area (TPSA) is 55.2 Å². The second-order valence-corrected chi connectivity index (χ2v) is 9.06. The molecule has 0 radical (unpaired) electrons. The van der Waals surface area contributed by atoms with Crippen molar-refractivity contribution in [3.8, 4) is 5.69 Å². The summed E-state index contributed by atoms with van der Waals surface area (Å²) >= 11 is 5.97. The average Bonchev–Trinajstić information content (AvgIpc) is 3.11. The summed E-state index contributed by atoms with van der Waals surface area (Å²) in [6, 6.07) is 14.7. The highest BCUT2D eigenvalue weighted by molar-refractivity contribution is 7.93. The Bertz CT molecular complexity index is 1120. The summed E-state index contributed by atoms with van der Waals surface area (Å²) in [5, 5.41) is 5.12. The number of anilines is 1. The first-order chi connectivity index (χ1) is 12.8. The smallest absolute Gasteiger partial charge is 0.263 e. The number of fused-ring (bicyclic) bond motifs is 1. The van der Waals surface area contributed by atoms with E-state index in [1.807, 2.05) is 43.3 Å². The molecule has 0 saturated heterocycles. The number of hydrogen-bond donors (Lipinski definition) is 0. The van der Waals surface area contributed by atoms with Crippen LogP contribution >= 0.6 is 11.6 Å². The zero-order chi connectivity index (χ0) is 19.3. The molecule has 0 N–H and O–H groups in total. The van der Waals surface area contributed by atoms with Gasteiger partial charge in [-0.1, -0.05) is 29.8 Å². The van der Waals surface area contributed by atoms with Crippen molar-refractivity contribution in [1.82, 2.24) is 9.78 Å². The Morgan fingerprint density at radius 1 is 1.07 bits per heavy atom. The van der Waals surface area contributed by atoms with Crippen LogP contribution in [0.3, 0.4) is 0 Å². The predicted molar refractivity (Wildman–Crippen MR) is 107 cm³/mol. The van der Waals surface area contributed by atoms with Gasteiger partial charge in [0.15, 0.2) is 0 Å². The molecule has 1 aromatic heterocycles. The third-order valence-corrected chi connectivity index (χ3v) is 7.39. The molecule has 0 amide bonds. The van der Waals surface area contributed by atoms with Crippen LogP contribution < -0.4 is 4.31 Å². The fraction of sp³-hybridized carbons (Fsp3) is 0.250. The van der Waals surface area contributed by atoms with Crippen molar-refractivity contribution < 1.29 is 8.42 Å². The van der Waals surface area contributed by atoms with Crippen molar-refractivity contribution in [3.63, 3.8) is 0 Å². The van der Waals surface area contributed by atoms with Crippen molar-refractivity contribution in [3.05, 3.63) is 70.5 Å². The van der Waals surface area contributed by atoms with Gasteiger partial charge in [-0.05, 0) is 63.1 Å². The van der Waals surface area contributed by atoms with Crippen LogP contribution in [0.2, 0.25) is 5.02 Å². The van der Waals surface area contributed by atoms with Crippen LogP contribution in [-0.2, 0) is 16.4 Å². The molecule has 0 saturated carbocycles. The fourth-order valence-corrected chi connectivity index (χ4v) is 6.02. The third-order valence-electron chi connectivity index (χ3n) is 4.96. The van der Waals surface area contributed by atoms with Gasteiger partial charge in [-0.2, -0.15) is 5.10 Å². The molecule has 1 atom stereocenters. The van der Waals surface area contributed by atoms with Crippen molar-refractivity contribution in [2.24, 2.45) is 0 Å². The third kappa shape index (κ3) is 2.84. The maximum absolute atomic E-state index is 13.6. The van der Waals surface area contributed by atoms with Gasteiger partial charge in [0.1, 0.15) is 4.90 Å². The first-order valence-corrected chi connectivity index (χ1v) is 10.6. The lowest BCUT2D eigenvalue weighted by Crippen LogP contribution is -2.36. The molecule has 4 rings (SSSR count). The first-order valence-electron chi connectivity index (χ1n) is 8.75. The van der Waals surface area contributed by atoms with Gasteiger partial charge in [0.25, 0.3) is 10.0 Å². The van der Waals surface area contributed by atoms with Crippen molar-refractivity contribution >= 4 is 27.3 Å². The minimum atomic E-state index is -3.73. The van der Waals surface area contributed by atoms with Gasteiger partial charge < -0.3 is 0 Å². The van der Waals surface area contributed by atoms with Crippen LogP contribution in [-0.4, -0.2) is 24.2 Å². The Balaban J connectivity index is 1.85. The molecule has 5 nitrogen and oxygen atoms in total.